The Morgan fingerprint density at radius 1 is 1.07 bits per heavy atom. The number of hydrogen-bond donors (Lipinski definition) is 0. The first kappa shape index (κ1) is 17.2. The minimum atomic E-state index is -0.236. The van der Waals surface area contributed by atoms with Crippen LogP contribution in [0.1, 0.15) is 17.7 Å². The van der Waals surface area contributed by atoms with Gasteiger partial charge in [0.15, 0.2) is 0 Å². The molecular weight excluding hydrogens is 388 g/mol. The third-order valence-corrected chi connectivity index (χ3v) is 7.27. The number of furan rings is 1. The number of carbonyl (C=O) groups is 2. The molecule has 6 heteroatoms. The molecule has 2 aromatic rings. The zero-order valence-electron chi connectivity index (χ0n) is 15.8. The highest BCUT2D eigenvalue weighted by Gasteiger charge is 2.67. The van der Waals surface area contributed by atoms with E-state index >= 15 is 0 Å². The molecule has 29 heavy (non-hydrogen) atoms. The number of hydrogen-bond acceptors (Lipinski definition) is 4. The van der Waals surface area contributed by atoms with Crippen LogP contribution < -0.4 is 0 Å². The van der Waals surface area contributed by atoms with Gasteiger partial charge in [-0.1, -0.05) is 29.8 Å². The molecule has 2 saturated carbocycles. The van der Waals surface area contributed by atoms with Crippen LogP contribution in [-0.4, -0.2) is 23.0 Å². The molecule has 3 fully saturated rings. The second-order valence-corrected chi connectivity index (χ2v) is 8.99. The van der Waals surface area contributed by atoms with Crippen molar-refractivity contribution in [1.82, 2.24) is 5.01 Å². The molecule has 7 rings (SSSR count). The molecule has 1 aromatic heterocycles. The Labute approximate surface area is 173 Å². The largest absolute Gasteiger partial charge is 0.455 e. The second kappa shape index (κ2) is 5.92. The van der Waals surface area contributed by atoms with E-state index in [2.05, 4.69) is 17.3 Å². The van der Waals surface area contributed by atoms with E-state index in [1.165, 1.54) is 6.21 Å². The summed E-state index contributed by atoms with van der Waals surface area (Å²) in [6.45, 7) is 1.98. The molecule has 1 aromatic carbocycles. The highest BCUT2D eigenvalue weighted by molar-refractivity contribution is 6.30. The Morgan fingerprint density at radius 2 is 1.76 bits per heavy atom. The maximum Gasteiger partial charge on any atom is 0.254 e. The Balaban J connectivity index is 1.26. The van der Waals surface area contributed by atoms with Crippen LogP contribution >= 0.6 is 11.6 Å². The fourth-order valence-corrected chi connectivity index (χ4v) is 5.77. The molecule has 0 unspecified atom stereocenters. The van der Waals surface area contributed by atoms with Gasteiger partial charge in [0, 0.05) is 10.6 Å². The van der Waals surface area contributed by atoms with Crippen molar-refractivity contribution in [3.8, 4) is 11.3 Å². The topological polar surface area (TPSA) is 62.9 Å². The highest BCUT2D eigenvalue weighted by Crippen LogP contribution is 2.65. The molecule has 5 nitrogen and oxygen atoms in total. The standard InChI is InChI=1S/C23H19ClN2O3/c1-11-2-3-12(24)8-16(11)19-7-4-13(29-19)10-25-26-22(27)20-14-5-6-15(18-9-17(14)18)21(20)23(26)28/h2-8,10,14-15,17-18,20-21H,9H2,1H3/b25-10-/t14-,15-,17-,18+,20+,21-/m1/s1. The zero-order chi connectivity index (χ0) is 19.9. The van der Waals surface area contributed by atoms with Crippen LogP contribution in [0.25, 0.3) is 11.3 Å². The van der Waals surface area contributed by atoms with Crippen molar-refractivity contribution in [2.45, 2.75) is 13.3 Å². The van der Waals surface area contributed by atoms with Crippen molar-refractivity contribution < 1.29 is 14.0 Å². The third-order valence-electron chi connectivity index (χ3n) is 7.03. The molecule has 1 saturated heterocycles. The van der Waals surface area contributed by atoms with E-state index in [-0.39, 0.29) is 35.5 Å². The normalized spacial score (nSPS) is 34.2. The van der Waals surface area contributed by atoms with Crippen molar-refractivity contribution >= 4 is 29.6 Å². The average Bonchev–Trinajstić information content (AvgIpc) is 3.36. The summed E-state index contributed by atoms with van der Waals surface area (Å²) < 4.78 is 5.86. The number of halogens is 1. The molecule has 6 atom stereocenters. The van der Waals surface area contributed by atoms with Gasteiger partial charge in [0.05, 0.1) is 18.1 Å². The summed E-state index contributed by atoms with van der Waals surface area (Å²) in [5.74, 6) is 1.91. The van der Waals surface area contributed by atoms with Crippen LogP contribution in [0.3, 0.4) is 0 Å². The Hall–Kier alpha value is -2.66. The first-order chi connectivity index (χ1) is 14.0. The lowest BCUT2D eigenvalue weighted by molar-refractivity contribution is -0.140. The van der Waals surface area contributed by atoms with E-state index in [9.17, 15) is 9.59 Å². The smallest absolute Gasteiger partial charge is 0.254 e. The van der Waals surface area contributed by atoms with Crippen molar-refractivity contribution in [2.24, 2.45) is 40.6 Å². The average molecular weight is 407 g/mol. The lowest BCUT2D eigenvalue weighted by Gasteiger charge is -2.37. The molecule has 5 aliphatic rings. The van der Waals surface area contributed by atoms with Gasteiger partial charge < -0.3 is 4.42 Å². The highest BCUT2D eigenvalue weighted by atomic mass is 35.5. The van der Waals surface area contributed by atoms with Crippen LogP contribution in [0.5, 0.6) is 0 Å². The first-order valence-electron chi connectivity index (χ1n) is 9.99. The molecule has 0 radical (unpaired) electrons. The lowest BCUT2D eigenvalue weighted by Crippen LogP contribution is -2.40. The van der Waals surface area contributed by atoms with Crippen molar-refractivity contribution in [3.63, 3.8) is 0 Å². The van der Waals surface area contributed by atoms with E-state index in [0.29, 0.717) is 28.4 Å². The summed E-state index contributed by atoms with van der Waals surface area (Å²) in [5.41, 5.74) is 1.95. The predicted octanol–water partition coefficient (Wildman–Crippen LogP) is 4.30. The van der Waals surface area contributed by atoms with Crippen molar-refractivity contribution in [3.05, 3.63) is 58.8 Å². The molecule has 2 heterocycles. The summed E-state index contributed by atoms with van der Waals surface area (Å²) in [4.78, 5) is 25.9. The van der Waals surface area contributed by atoms with Crippen LogP contribution in [0.15, 0.2) is 52.0 Å². The van der Waals surface area contributed by atoms with E-state index in [0.717, 1.165) is 22.6 Å². The van der Waals surface area contributed by atoms with E-state index in [1.807, 2.05) is 31.2 Å². The van der Waals surface area contributed by atoms with Gasteiger partial charge in [-0.3, -0.25) is 9.59 Å². The van der Waals surface area contributed by atoms with Gasteiger partial charge in [0.1, 0.15) is 11.5 Å². The number of rotatable bonds is 3. The number of aryl methyl sites for hydroxylation is 1. The number of carbonyl (C=O) groups excluding carboxylic acids is 2. The van der Waals surface area contributed by atoms with Crippen LogP contribution in [0.4, 0.5) is 0 Å². The predicted molar refractivity (Wildman–Crippen MR) is 108 cm³/mol. The van der Waals surface area contributed by atoms with Gasteiger partial charge in [-0.05, 0) is 66.8 Å². The molecule has 146 valence electrons. The van der Waals surface area contributed by atoms with Gasteiger partial charge in [0.2, 0.25) is 0 Å². The summed E-state index contributed by atoms with van der Waals surface area (Å²) >= 11 is 6.10. The minimum Gasteiger partial charge on any atom is -0.455 e. The maximum absolute atomic E-state index is 12.9. The fraction of sp³-hybridized carbons (Fsp3) is 0.348. The Morgan fingerprint density at radius 3 is 2.45 bits per heavy atom. The van der Waals surface area contributed by atoms with Crippen molar-refractivity contribution in [1.29, 1.82) is 0 Å². The maximum atomic E-state index is 12.9. The van der Waals surface area contributed by atoms with E-state index in [1.54, 1.807) is 6.07 Å². The van der Waals surface area contributed by atoms with E-state index < -0.39 is 0 Å². The molecule has 0 spiro atoms. The number of amides is 2. The molecule has 2 bridgehead atoms. The molecular formula is C23H19ClN2O3. The Bertz CT molecular complexity index is 1080. The van der Waals surface area contributed by atoms with Crippen LogP contribution in [-0.2, 0) is 9.59 Å². The van der Waals surface area contributed by atoms with Crippen LogP contribution in [0, 0.1) is 42.4 Å². The van der Waals surface area contributed by atoms with Crippen molar-refractivity contribution in [2.75, 3.05) is 0 Å². The van der Waals surface area contributed by atoms with Gasteiger partial charge in [-0.15, -0.1) is 0 Å². The minimum absolute atomic E-state index is 0.168. The first-order valence-corrected chi connectivity index (χ1v) is 10.4. The summed E-state index contributed by atoms with van der Waals surface area (Å²) in [7, 11) is 0. The summed E-state index contributed by atoms with van der Waals surface area (Å²) in [6, 6.07) is 9.23. The van der Waals surface area contributed by atoms with Gasteiger partial charge in [-0.2, -0.15) is 10.1 Å². The van der Waals surface area contributed by atoms with Gasteiger partial charge >= 0.3 is 0 Å². The summed E-state index contributed by atoms with van der Waals surface area (Å²) in [6.07, 6.45) is 6.92. The van der Waals surface area contributed by atoms with Crippen LogP contribution in [0.2, 0.25) is 5.02 Å². The third kappa shape index (κ3) is 2.43. The second-order valence-electron chi connectivity index (χ2n) is 8.55. The molecule has 0 N–H and O–H groups in total. The molecule has 1 aliphatic heterocycles. The zero-order valence-corrected chi connectivity index (χ0v) is 16.5. The number of benzene rings is 1. The molecule has 4 aliphatic carbocycles. The SMILES string of the molecule is Cc1ccc(Cl)cc1-c1ccc(/C=N\N2C(=O)[C@@H]3[C@@H]4C=C[C@H]([C@H]5C[C@@H]45)[C@@H]3C2=O)o1. The fourth-order valence-electron chi connectivity index (χ4n) is 5.60. The quantitative estimate of drug-likeness (QED) is 0.434. The monoisotopic (exact) mass is 406 g/mol. The van der Waals surface area contributed by atoms with E-state index in [4.69, 9.17) is 16.0 Å². The lowest BCUT2D eigenvalue weighted by atomic mass is 9.63. The number of allylic oxidation sites excluding steroid dienone is 2. The number of imide groups is 1. The van der Waals surface area contributed by atoms with Gasteiger partial charge in [0.25, 0.3) is 11.8 Å². The number of nitrogens with zero attached hydrogens (tertiary/aromatic N) is 2. The Kier molecular flexibility index (Phi) is 3.52. The number of hydrazone groups is 1. The molecule has 2 amide bonds. The van der Waals surface area contributed by atoms with Gasteiger partial charge in [-0.25, -0.2) is 0 Å². The summed E-state index contributed by atoms with van der Waals surface area (Å²) in [5, 5.41) is 5.93.